The zero-order valence-electron chi connectivity index (χ0n) is 17.7. The summed E-state index contributed by atoms with van der Waals surface area (Å²) in [5.41, 5.74) is 2.01. The minimum absolute atomic E-state index is 0.0431. The smallest absolute Gasteiger partial charge is 0.278 e. The number of rotatable bonds is 7. The van der Waals surface area contributed by atoms with Crippen LogP contribution in [0.4, 0.5) is 0 Å². The highest BCUT2D eigenvalue weighted by molar-refractivity contribution is 7.89. The van der Waals surface area contributed by atoms with Crippen LogP contribution in [-0.2, 0) is 25.2 Å². The van der Waals surface area contributed by atoms with Crippen molar-refractivity contribution >= 4 is 27.6 Å². The van der Waals surface area contributed by atoms with Crippen LogP contribution in [0.1, 0.15) is 22.8 Å². The van der Waals surface area contributed by atoms with Gasteiger partial charge in [0.1, 0.15) is 0 Å². The summed E-state index contributed by atoms with van der Waals surface area (Å²) in [5.74, 6) is -2.45. The standard InChI is InChI=1S/C21H25N3O6S/c1-21(19(26)22-2,20(27)23-28)24(3)18(25)17-11-9-16(10-12-17)15-7-5-14(6-8-15)13-31(4,29)30/h5-12,28H,13H2,1-4H3,(H,22,26)(H,23,27)/t21-/m0/s1. The first-order valence-electron chi connectivity index (χ1n) is 9.26. The Hall–Kier alpha value is -3.24. The van der Waals surface area contributed by atoms with Gasteiger partial charge in [-0.15, -0.1) is 0 Å². The number of carbonyl (C=O) groups excluding carboxylic acids is 3. The number of hydrogen-bond donors (Lipinski definition) is 3. The molecule has 0 heterocycles. The molecule has 166 valence electrons. The molecule has 0 fully saturated rings. The molecular weight excluding hydrogens is 422 g/mol. The van der Waals surface area contributed by atoms with E-state index in [2.05, 4.69) is 5.32 Å². The zero-order chi connectivity index (χ0) is 23.4. The van der Waals surface area contributed by atoms with Gasteiger partial charge >= 0.3 is 0 Å². The third kappa shape index (κ3) is 5.28. The van der Waals surface area contributed by atoms with E-state index in [4.69, 9.17) is 5.21 Å². The Balaban J connectivity index is 2.27. The summed E-state index contributed by atoms with van der Waals surface area (Å²) in [6.45, 7) is 1.22. The molecule has 2 aromatic carbocycles. The lowest BCUT2D eigenvalue weighted by atomic mass is 9.96. The van der Waals surface area contributed by atoms with Crippen LogP contribution in [0.25, 0.3) is 11.1 Å². The molecule has 10 heteroatoms. The van der Waals surface area contributed by atoms with Gasteiger partial charge in [-0.05, 0) is 35.7 Å². The Morgan fingerprint density at radius 3 is 1.87 bits per heavy atom. The Kier molecular flexibility index (Phi) is 7.19. The van der Waals surface area contributed by atoms with Crippen molar-refractivity contribution in [1.82, 2.24) is 15.7 Å². The first-order chi connectivity index (χ1) is 14.4. The molecule has 0 radical (unpaired) electrons. The molecule has 0 unspecified atom stereocenters. The SMILES string of the molecule is CNC(=O)[C@@](C)(C(=O)NO)N(C)C(=O)c1ccc(-c2ccc(CS(C)(=O)=O)cc2)cc1. The Morgan fingerprint density at radius 2 is 1.45 bits per heavy atom. The molecule has 2 aromatic rings. The second-order valence-electron chi connectivity index (χ2n) is 7.30. The van der Waals surface area contributed by atoms with E-state index < -0.39 is 33.1 Å². The van der Waals surface area contributed by atoms with E-state index in [0.717, 1.165) is 16.0 Å². The highest BCUT2D eigenvalue weighted by atomic mass is 32.2. The van der Waals surface area contributed by atoms with Gasteiger partial charge in [0.15, 0.2) is 15.4 Å². The predicted molar refractivity (Wildman–Crippen MR) is 115 cm³/mol. The van der Waals surface area contributed by atoms with E-state index >= 15 is 0 Å². The van der Waals surface area contributed by atoms with E-state index in [9.17, 15) is 22.8 Å². The fourth-order valence-electron chi connectivity index (χ4n) is 3.06. The van der Waals surface area contributed by atoms with Gasteiger partial charge in [-0.1, -0.05) is 36.4 Å². The second-order valence-corrected chi connectivity index (χ2v) is 9.44. The van der Waals surface area contributed by atoms with Crippen LogP contribution in [0.15, 0.2) is 48.5 Å². The molecule has 0 aliphatic carbocycles. The van der Waals surface area contributed by atoms with Crippen LogP contribution in [0.3, 0.4) is 0 Å². The Bertz CT molecular complexity index is 1060. The van der Waals surface area contributed by atoms with Gasteiger partial charge in [-0.2, -0.15) is 0 Å². The zero-order valence-corrected chi connectivity index (χ0v) is 18.5. The summed E-state index contributed by atoms with van der Waals surface area (Å²) < 4.78 is 22.8. The summed E-state index contributed by atoms with van der Waals surface area (Å²) in [4.78, 5) is 38.2. The first-order valence-corrected chi connectivity index (χ1v) is 11.3. The summed E-state index contributed by atoms with van der Waals surface area (Å²) in [5, 5.41) is 11.3. The fourth-order valence-corrected chi connectivity index (χ4v) is 3.86. The maximum Gasteiger partial charge on any atom is 0.278 e. The molecule has 0 aliphatic heterocycles. The Labute approximate surface area is 180 Å². The minimum atomic E-state index is -3.12. The number of carbonyl (C=O) groups is 3. The average molecular weight is 448 g/mol. The number of likely N-dealkylation sites (N-methyl/N-ethyl adjacent to an activating group) is 2. The molecular formula is C21H25N3O6S. The largest absolute Gasteiger partial charge is 0.357 e. The second kappa shape index (κ2) is 9.27. The molecule has 0 spiro atoms. The molecule has 0 aliphatic rings. The van der Waals surface area contributed by atoms with Crippen molar-refractivity contribution in [3.05, 3.63) is 59.7 Å². The third-order valence-electron chi connectivity index (χ3n) is 5.04. The predicted octanol–water partition coefficient (Wildman–Crippen LogP) is 0.980. The Morgan fingerprint density at radius 1 is 0.968 bits per heavy atom. The molecule has 0 aromatic heterocycles. The number of hydrogen-bond acceptors (Lipinski definition) is 6. The van der Waals surface area contributed by atoms with Crippen LogP contribution >= 0.6 is 0 Å². The highest BCUT2D eigenvalue weighted by Gasteiger charge is 2.47. The first kappa shape index (κ1) is 24.0. The van der Waals surface area contributed by atoms with Gasteiger partial charge in [0.25, 0.3) is 17.7 Å². The van der Waals surface area contributed by atoms with Crippen molar-refractivity contribution in [2.24, 2.45) is 0 Å². The van der Waals surface area contributed by atoms with Gasteiger partial charge in [0.05, 0.1) is 5.75 Å². The summed E-state index contributed by atoms with van der Waals surface area (Å²) in [6, 6.07) is 13.6. The molecule has 3 N–H and O–H groups in total. The topological polar surface area (TPSA) is 133 Å². The maximum atomic E-state index is 12.9. The van der Waals surface area contributed by atoms with Gasteiger partial charge in [-0.3, -0.25) is 19.6 Å². The minimum Gasteiger partial charge on any atom is -0.357 e. The van der Waals surface area contributed by atoms with Crippen LogP contribution in [-0.4, -0.2) is 62.1 Å². The number of nitrogens with zero attached hydrogens (tertiary/aromatic N) is 1. The summed E-state index contributed by atoms with van der Waals surface area (Å²) in [7, 11) is -0.509. The highest BCUT2D eigenvalue weighted by Crippen LogP contribution is 2.23. The maximum absolute atomic E-state index is 12.9. The fraction of sp³-hybridized carbons (Fsp3) is 0.286. The molecule has 9 nitrogen and oxygen atoms in total. The molecule has 0 bridgehead atoms. The van der Waals surface area contributed by atoms with E-state index in [0.29, 0.717) is 5.56 Å². The quantitative estimate of drug-likeness (QED) is 0.329. The van der Waals surface area contributed by atoms with E-state index in [1.54, 1.807) is 48.5 Å². The lowest BCUT2D eigenvalue weighted by molar-refractivity contribution is -0.148. The number of nitrogens with one attached hydrogen (secondary N) is 2. The van der Waals surface area contributed by atoms with E-state index in [1.807, 2.05) is 0 Å². The number of amides is 3. The van der Waals surface area contributed by atoms with Gasteiger partial charge < -0.3 is 10.2 Å². The lowest BCUT2D eigenvalue weighted by Crippen LogP contribution is -2.64. The molecule has 0 saturated carbocycles. The monoisotopic (exact) mass is 447 g/mol. The molecule has 2 rings (SSSR count). The van der Waals surface area contributed by atoms with E-state index in [1.165, 1.54) is 32.8 Å². The van der Waals surface area contributed by atoms with Crippen molar-refractivity contribution in [1.29, 1.82) is 0 Å². The normalized spacial score (nSPS) is 13.1. The number of hydroxylamine groups is 1. The number of benzene rings is 2. The van der Waals surface area contributed by atoms with Gasteiger partial charge in [-0.25, -0.2) is 13.9 Å². The van der Waals surface area contributed by atoms with E-state index in [-0.39, 0.29) is 11.3 Å². The van der Waals surface area contributed by atoms with Gasteiger partial charge in [0.2, 0.25) is 0 Å². The summed E-state index contributed by atoms with van der Waals surface area (Å²) in [6.07, 6.45) is 1.17. The summed E-state index contributed by atoms with van der Waals surface area (Å²) >= 11 is 0. The lowest BCUT2D eigenvalue weighted by Gasteiger charge is -2.34. The molecule has 1 atom stereocenters. The molecule has 31 heavy (non-hydrogen) atoms. The molecule has 3 amide bonds. The van der Waals surface area contributed by atoms with Crippen molar-refractivity contribution < 1.29 is 28.0 Å². The van der Waals surface area contributed by atoms with Crippen LogP contribution in [0, 0.1) is 0 Å². The van der Waals surface area contributed by atoms with Crippen LogP contribution in [0.5, 0.6) is 0 Å². The average Bonchev–Trinajstić information content (AvgIpc) is 2.75. The number of sulfone groups is 1. The van der Waals surface area contributed by atoms with Gasteiger partial charge in [0, 0.05) is 25.9 Å². The van der Waals surface area contributed by atoms with Crippen LogP contribution in [0.2, 0.25) is 0 Å². The van der Waals surface area contributed by atoms with Crippen molar-refractivity contribution in [2.45, 2.75) is 18.2 Å². The third-order valence-corrected chi connectivity index (χ3v) is 5.89. The van der Waals surface area contributed by atoms with Crippen molar-refractivity contribution in [3.8, 4) is 11.1 Å². The van der Waals surface area contributed by atoms with Crippen LogP contribution < -0.4 is 10.8 Å². The van der Waals surface area contributed by atoms with Crippen molar-refractivity contribution in [2.75, 3.05) is 20.4 Å². The molecule has 0 saturated heterocycles. The van der Waals surface area contributed by atoms with Crippen molar-refractivity contribution in [3.63, 3.8) is 0 Å².